The molecule has 200 valence electrons. The number of hydrogen-bond donors (Lipinski definition) is 1. The fourth-order valence-electron chi connectivity index (χ4n) is 4.85. The molecule has 1 aliphatic rings. The third-order valence-electron chi connectivity index (χ3n) is 6.79. The lowest BCUT2D eigenvalue weighted by atomic mass is 9.92. The minimum absolute atomic E-state index is 0.0517. The van der Waals surface area contributed by atoms with E-state index in [1.165, 1.54) is 0 Å². The highest BCUT2D eigenvalue weighted by molar-refractivity contribution is 5.81. The molecule has 1 N–H and O–H groups in total. The van der Waals surface area contributed by atoms with Gasteiger partial charge in [0.1, 0.15) is 11.5 Å². The van der Waals surface area contributed by atoms with Gasteiger partial charge in [-0.25, -0.2) is 4.98 Å². The zero-order valence-electron chi connectivity index (χ0n) is 22.9. The lowest BCUT2D eigenvalue weighted by Gasteiger charge is -2.21. The number of Topliss-reactive ketones (excluding diaryl/α,β-unsaturated/α-hetero) is 1. The molecule has 10 heteroatoms. The lowest BCUT2D eigenvalue weighted by Crippen LogP contribution is -2.21. The van der Waals surface area contributed by atoms with Crippen LogP contribution in [0.2, 0.25) is 0 Å². The zero-order valence-corrected chi connectivity index (χ0v) is 22.9. The number of carbonyl (C=O) groups excluding carboxylic acids is 1. The monoisotopic (exact) mass is 517 g/mol. The van der Waals surface area contributed by atoms with E-state index in [0.29, 0.717) is 34.7 Å². The number of imidazole rings is 1. The highest BCUT2D eigenvalue weighted by atomic mass is 16.5. The zero-order chi connectivity index (χ0) is 27.0. The molecule has 0 unspecified atom stereocenters. The summed E-state index contributed by atoms with van der Waals surface area (Å²) < 4.78 is 15.8. The van der Waals surface area contributed by atoms with Crippen molar-refractivity contribution in [2.45, 2.75) is 59.4 Å². The van der Waals surface area contributed by atoms with E-state index in [1.807, 2.05) is 18.5 Å². The average Bonchev–Trinajstić information content (AvgIpc) is 3.56. The number of aryl methyl sites for hydroxylation is 2. The van der Waals surface area contributed by atoms with Crippen LogP contribution in [0.3, 0.4) is 0 Å². The van der Waals surface area contributed by atoms with Gasteiger partial charge in [0.25, 0.3) is 0 Å². The third kappa shape index (κ3) is 5.40. The van der Waals surface area contributed by atoms with Gasteiger partial charge in [-0.3, -0.25) is 14.5 Å². The molecule has 5 heterocycles. The maximum Gasteiger partial charge on any atom is 0.210 e. The molecular weight excluding hydrogens is 482 g/mol. The van der Waals surface area contributed by atoms with Crippen molar-refractivity contribution in [1.82, 2.24) is 29.3 Å². The Morgan fingerprint density at radius 1 is 1.26 bits per heavy atom. The maximum absolute atomic E-state index is 11.5. The van der Waals surface area contributed by atoms with Crippen LogP contribution in [0.5, 0.6) is 11.5 Å². The smallest absolute Gasteiger partial charge is 0.210 e. The number of pyridine rings is 2. The first kappa shape index (κ1) is 25.8. The Labute approximate surface area is 222 Å². The van der Waals surface area contributed by atoms with Gasteiger partial charge in [-0.1, -0.05) is 20.8 Å². The number of aromatic nitrogens is 6. The fourth-order valence-corrected chi connectivity index (χ4v) is 4.85. The SMILES string of the molecule is CC(=O)Cc1cc(Oc2cnc3nc(Nc4cc(C(C)(C)C)n(C[C@H]5CCOC5)n4)n(C)c3c2C)ccn1. The van der Waals surface area contributed by atoms with Crippen LogP contribution in [-0.4, -0.2) is 48.3 Å². The summed E-state index contributed by atoms with van der Waals surface area (Å²) in [7, 11) is 1.95. The van der Waals surface area contributed by atoms with E-state index in [0.717, 1.165) is 48.8 Å². The van der Waals surface area contributed by atoms with E-state index in [2.05, 4.69) is 46.8 Å². The van der Waals surface area contributed by atoms with Crippen LogP contribution in [0.4, 0.5) is 11.8 Å². The van der Waals surface area contributed by atoms with Crippen LogP contribution in [0.15, 0.2) is 30.6 Å². The molecule has 0 radical (unpaired) electrons. The number of ether oxygens (including phenoxy) is 2. The van der Waals surface area contributed by atoms with E-state index in [4.69, 9.17) is 19.6 Å². The van der Waals surface area contributed by atoms with Gasteiger partial charge < -0.3 is 19.4 Å². The number of nitrogens with one attached hydrogen (secondary N) is 1. The van der Waals surface area contributed by atoms with E-state index in [-0.39, 0.29) is 17.6 Å². The van der Waals surface area contributed by atoms with Crippen molar-refractivity contribution in [3.05, 3.63) is 47.5 Å². The summed E-state index contributed by atoms with van der Waals surface area (Å²) >= 11 is 0. The van der Waals surface area contributed by atoms with E-state index < -0.39 is 0 Å². The molecule has 0 spiro atoms. The molecule has 5 rings (SSSR count). The van der Waals surface area contributed by atoms with Crippen molar-refractivity contribution < 1.29 is 14.3 Å². The first-order valence-electron chi connectivity index (χ1n) is 13.0. The summed E-state index contributed by atoms with van der Waals surface area (Å²) in [6.07, 6.45) is 4.65. The van der Waals surface area contributed by atoms with Crippen molar-refractivity contribution in [1.29, 1.82) is 0 Å². The predicted octanol–water partition coefficient (Wildman–Crippen LogP) is 4.87. The van der Waals surface area contributed by atoms with Gasteiger partial charge in [0.15, 0.2) is 17.2 Å². The highest BCUT2D eigenvalue weighted by Crippen LogP contribution is 2.32. The van der Waals surface area contributed by atoms with Gasteiger partial charge in [0.05, 0.1) is 24.0 Å². The molecule has 1 fully saturated rings. The van der Waals surface area contributed by atoms with Gasteiger partial charge in [-0.05, 0) is 26.3 Å². The first-order valence-corrected chi connectivity index (χ1v) is 13.0. The largest absolute Gasteiger partial charge is 0.455 e. The Hall–Kier alpha value is -3.79. The van der Waals surface area contributed by atoms with Crippen molar-refractivity contribution in [3.63, 3.8) is 0 Å². The van der Waals surface area contributed by atoms with Crippen molar-refractivity contribution in [3.8, 4) is 11.5 Å². The molecule has 0 aromatic carbocycles. The van der Waals surface area contributed by atoms with Crippen LogP contribution in [0, 0.1) is 12.8 Å². The Balaban J connectivity index is 1.42. The predicted molar refractivity (Wildman–Crippen MR) is 145 cm³/mol. The van der Waals surface area contributed by atoms with Crippen molar-refractivity contribution >= 4 is 28.7 Å². The van der Waals surface area contributed by atoms with Crippen LogP contribution in [-0.2, 0) is 35.0 Å². The molecule has 4 aromatic rings. The standard InChI is InChI=1S/C28H35N7O3/c1-17(36)11-20-12-21(7-9-29-20)38-22-14-30-26-25(18(22)2)34(6)27(32-26)31-24-13-23(28(3,4)5)35(33-24)15-19-8-10-37-16-19/h7,9,12-14,19H,8,10-11,15-16H2,1-6H3,(H,30,31,32,33)/t19-/m1/s1. The summed E-state index contributed by atoms with van der Waals surface area (Å²) in [5.74, 6) is 3.14. The molecule has 0 saturated carbocycles. The molecule has 0 bridgehead atoms. The number of anilines is 2. The normalized spacial score (nSPS) is 15.8. The minimum Gasteiger partial charge on any atom is -0.455 e. The van der Waals surface area contributed by atoms with E-state index in [9.17, 15) is 4.79 Å². The second-order valence-corrected chi connectivity index (χ2v) is 11.1. The highest BCUT2D eigenvalue weighted by Gasteiger charge is 2.25. The molecule has 1 aliphatic heterocycles. The van der Waals surface area contributed by atoms with Crippen LogP contribution in [0.1, 0.15) is 51.1 Å². The summed E-state index contributed by atoms with van der Waals surface area (Å²) in [4.78, 5) is 25.0. The Morgan fingerprint density at radius 3 is 2.79 bits per heavy atom. The Kier molecular flexibility index (Phi) is 6.92. The van der Waals surface area contributed by atoms with Gasteiger partial charge >= 0.3 is 0 Å². The van der Waals surface area contributed by atoms with E-state index >= 15 is 0 Å². The summed E-state index contributed by atoms with van der Waals surface area (Å²) in [5.41, 5.74) is 4.16. The first-order chi connectivity index (χ1) is 18.1. The van der Waals surface area contributed by atoms with Crippen LogP contribution in [0.25, 0.3) is 11.2 Å². The quantitative estimate of drug-likeness (QED) is 0.353. The second kappa shape index (κ2) is 10.2. The summed E-state index contributed by atoms with van der Waals surface area (Å²) in [5, 5.41) is 8.30. The third-order valence-corrected chi connectivity index (χ3v) is 6.79. The van der Waals surface area contributed by atoms with Gasteiger partial charge in [-0.15, -0.1) is 0 Å². The average molecular weight is 518 g/mol. The Bertz CT molecular complexity index is 1480. The summed E-state index contributed by atoms with van der Waals surface area (Å²) in [6, 6.07) is 5.65. The Morgan fingerprint density at radius 2 is 2.08 bits per heavy atom. The number of fused-ring (bicyclic) bond motifs is 1. The molecular formula is C28H35N7O3. The molecule has 4 aromatic heterocycles. The number of carbonyl (C=O) groups is 1. The van der Waals surface area contributed by atoms with Gasteiger partial charge in [-0.2, -0.15) is 10.1 Å². The number of nitrogens with zero attached hydrogens (tertiary/aromatic N) is 6. The van der Waals surface area contributed by atoms with Crippen LogP contribution >= 0.6 is 0 Å². The molecule has 10 nitrogen and oxygen atoms in total. The van der Waals surface area contributed by atoms with Gasteiger partial charge in [0, 0.05) is 67.5 Å². The molecule has 38 heavy (non-hydrogen) atoms. The second-order valence-electron chi connectivity index (χ2n) is 11.1. The van der Waals surface area contributed by atoms with Crippen molar-refractivity contribution in [2.75, 3.05) is 18.5 Å². The number of rotatable bonds is 8. The topological polar surface area (TPSA) is 109 Å². The van der Waals surface area contributed by atoms with E-state index in [1.54, 1.807) is 31.5 Å². The number of ketones is 1. The van der Waals surface area contributed by atoms with Crippen LogP contribution < -0.4 is 10.1 Å². The molecule has 0 amide bonds. The lowest BCUT2D eigenvalue weighted by molar-refractivity contribution is -0.116. The molecule has 0 aliphatic carbocycles. The van der Waals surface area contributed by atoms with Gasteiger partial charge in [0.2, 0.25) is 5.95 Å². The maximum atomic E-state index is 11.5. The van der Waals surface area contributed by atoms with Crippen molar-refractivity contribution in [2.24, 2.45) is 13.0 Å². The summed E-state index contributed by atoms with van der Waals surface area (Å²) in [6.45, 7) is 12.6. The number of hydrogen-bond acceptors (Lipinski definition) is 8. The minimum atomic E-state index is -0.0552. The molecule has 1 saturated heterocycles. The molecule has 1 atom stereocenters. The fraction of sp³-hybridized carbons (Fsp3) is 0.464.